The normalized spacial score (nSPS) is 10.5. The Morgan fingerprint density at radius 2 is 1.57 bits per heavy atom. The minimum absolute atomic E-state index is 0.814. The molecule has 0 saturated heterocycles. The zero-order valence-corrected chi connectivity index (χ0v) is 12.9. The van der Waals surface area contributed by atoms with E-state index in [9.17, 15) is 0 Å². The van der Waals surface area contributed by atoms with Crippen LogP contribution < -0.4 is 4.74 Å². The van der Waals surface area contributed by atoms with Crippen molar-refractivity contribution in [1.82, 2.24) is 0 Å². The fraction of sp³-hybridized carbons (Fsp3) is 0.350. The van der Waals surface area contributed by atoms with Gasteiger partial charge in [-0.3, -0.25) is 0 Å². The molecule has 2 aromatic carbocycles. The molecule has 0 spiro atoms. The Labute approximate surface area is 129 Å². The van der Waals surface area contributed by atoms with Gasteiger partial charge in [0.05, 0.1) is 6.61 Å². The van der Waals surface area contributed by atoms with Gasteiger partial charge in [0, 0.05) is 0 Å². The highest BCUT2D eigenvalue weighted by molar-refractivity contribution is 5.27. The fourth-order valence-corrected chi connectivity index (χ4v) is 2.40. The molecule has 0 N–H and O–H groups in total. The van der Waals surface area contributed by atoms with Crippen LogP contribution in [0.5, 0.6) is 5.75 Å². The Balaban J connectivity index is 1.57. The Bertz CT molecular complexity index is 487. The van der Waals surface area contributed by atoms with Gasteiger partial charge in [-0.2, -0.15) is 0 Å². The molecule has 2 aromatic rings. The molecule has 1 heteroatoms. The topological polar surface area (TPSA) is 9.23 Å². The van der Waals surface area contributed by atoms with E-state index < -0.39 is 0 Å². The third-order valence-corrected chi connectivity index (χ3v) is 3.58. The third-order valence-electron chi connectivity index (χ3n) is 3.58. The van der Waals surface area contributed by atoms with Crippen LogP contribution in [-0.4, -0.2) is 6.61 Å². The van der Waals surface area contributed by atoms with Crippen molar-refractivity contribution >= 4 is 0 Å². The van der Waals surface area contributed by atoms with E-state index in [0.29, 0.717) is 0 Å². The van der Waals surface area contributed by atoms with E-state index in [2.05, 4.69) is 67.9 Å². The summed E-state index contributed by atoms with van der Waals surface area (Å²) in [5.74, 6) is 0.984. The van der Waals surface area contributed by atoms with Crippen molar-refractivity contribution in [2.24, 2.45) is 0 Å². The van der Waals surface area contributed by atoms with Crippen LogP contribution in [0, 0.1) is 6.42 Å². The van der Waals surface area contributed by atoms with Crippen molar-refractivity contribution in [3.05, 3.63) is 72.1 Å². The first-order chi connectivity index (χ1) is 10.4. The lowest BCUT2D eigenvalue weighted by atomic mass is 10.1. The van der Waals surface area contributed by atoms with E-state index in [1.165, 1.54) is 30.4 Å². The lowest BCUT2D eigenvalue weighted by molar-refractivity contribution is 0.305. The first-order valence-corrected chi connectivity index (χ1v) is 7.92. The summed E-state index contributed by atoms with van der Waals surface area (Å²) in [5, 5.41) is 0. The van der Waals surface area contributed by atoms with Crippen LogP contribution in [0.25, 0.3) is 0 Å². The van der Waals surface area contributed by atoms with Crippen molar-refractivity contribution in [3.63, 3.8) is 0 Å². The zero-order chi connectivity index (χ0) is 14.8. The monoisotopic (exact) mass is 281 g/mol. The Hall–Kier alpha value is -1.76. The summed E-state index contributed by atoms with van der Waals surface area (Å²) in [6.45, 7) is 2.90. The molecule has 0 aliphatic rings. The van der Waals surface area contributed by atoms with E-state index >= 15 is 0 Å². The zero-order valence-electron chi connectivity index (χ0n) is 12.9. The average molecular weight is 281 g/mol. The van der Waals surface area contributed by atoms with E-state index in [4.69, 9.17) is 4.74 Å². The van der Waals surface area contributed by atoms with Gasteiger partial charge < -0.3 is 4.74 Å². The largest absolute Gasteiger partial charge is 0.494 e. The first-order valence-electron chi connectivity index (χ1n) is 7.92. The summed E-state index contributed by atoms with van der Waals surface area (Å²) in [5.41, 5.74) is 2.77. The maximum Gasteiger partial charge on any atom is 0.119 e. The number of ether oxygens (including phenoxy) is 1. The van der Waals surface area contributed by atoms with Gasteiger partial charge in [0.15, 0.2) is 0 Å². The van der Waals surface area contributed by atoms with Gasteiger partial charge in [-0.15, -0.1) is 0 Å². The quantitative estimate of drug-likeness (QED) is 0.571. The van der Waals surface area contributed by atoms with Gasteiger partial charge >= 0.3 is 0 Å². The van der Waals surface area contributed by atoms with E-state index in [1.807, 2.05) is 0 Å². The second-order valence-corrected chi connectivity index (χ2v) is 5.40. The maximum absolute atomic E-state index is 5.78. The number of hydrogen-bond acceptors (Lipinski definition) is 1. The average Bonchev–Trinajstić information content (AvgIpc) is 2.53. The van der Waals surface area contributed by atoms with Gasteiger partial charge in [0.1, 0.15) is 5.75 Å². The van der Waals surface area contributed by atoms with E-state index in [1.54, 1.807) is 0 Å². The van der Waals surface area contributed by atoms with Crippen molar-refractivity contribution in [2.45, 2.75) is 39.0 Å². The van der Waals surface area contributed by atoms with Gasteiger partial charge in [-0.1, -0.05) is 49.4 Å². The van der Waals surface area contributed by atoms with Gasteiger partial charge in [0.2, 0.25) is 0 Å². The predicted octanol–water partition coefficient (Wildman–Crippen LogP) is 5.25. The van der Waals surface area contributed by atoms with Crippen molar-refractivity contribution in [2.75, 3.05) is 6.61 Å². The van der Waals surface area contributed by atoms with Crippen LogP contribution >= 0.6 is 0 Å². The number of unbranched alkanes of at least 4 members (excludes halogenated alkanes) is 2. The van der Waals surface area contributed by atoms with Crippen LogP contribution in [0.3, 0.4) is 0 Å². The summed E-state index contributed by atoms with van der Waals surface area (Å²) in [6.07, 6.45) is 7.94. The third kappa shape index (κ3) is 6.03. The second-order valence-electron chi connectivity index (χ2n) is 5.40. The van der Waals surface area contributed by atoms with Gasteiger partial charge in [-0.05, 0) is 61.8 Å². The maximum atomic E-state index is 5.78. The summed E-state index contributed by atoms with van der Waals surface area (Å²) in [6, 6.07) is 19.1. The van der Waals surface area contributed by atoms with Crippen LogP contribution in [0.4, 0.5) is 0 Å². The van der Waals surface area contributed by atoms with Crippen molar-refractivity contribution in [1.29, 1.82) is 0 Å². The molecule has 21 heavy (non-hydrogen) atoms. The molecule has 0 aromatic heterocycles. The molecule has 2 rings (SSSR count). The molecule has 0 amide bonds. The molecule has 0 saturated carbocycles. The molecule has 0 fully saturated rings. The highest BCUT2D eigenvalue weighted by atomic mass is 16.5. The van der Waals surface area contributed by atoms with Crippen LogP contribution in [-0.2, 0) is 12.8 Å². The molecule has 0 aliphatic carbocycles. The molecule has 0 unspecified atom stereocenters. The predicted molar refractivity (Wildman–Crippen MR) is 89.6 cm³/mol. The standard InChI is InChI=1S/C20H25O/c1-2-9-18-13-15-20(16-14-18)21-17-8-4-7-12-19-10-5-3-6-11-19/h2-3,5-6,10-11,13-16H,4,7-9,12,17H2,1H3. The molecule has 111 valence electrons. The fourth-order valence-electron chi connectivity index (χ4n) is 2.40. The molecular weight excluding hydrogens is 256 g/mol. The second kappa shape index (κ2) is 9.23. The minimum atomic E-state index is 0.814. The smallest absolute Gasteiger partial charge is 0.119 e. The molecule has 1 radical (unpaired) electrons. The first kappa shape index (κ1) is 15.6. The molecule has 0 aliphatic heterocycles. The molecular formula is C20H25O. The summed E-state index contributed by atoms with van der Waals surface area (Å²) < 4.78 is 5.78. The van der Waals surface area contributed by atoms with Gasteiger partial charge in [-0.25, -0.2) is 0 Å². The molecule has 0 bridgehead atoms. The SMILES string of the molecule is C[CH]Cc1ccc(OCCCCCc2ccccc2)cc1. The summed E-state index contributed by atoms with van der Waals surface area (Å²) in [4.78, 5) is 0. The minimum Gasteiger partial charge on any atom is -0.494 e. The lowest BCUT2D eigenvalue weighted by Crippen LogP contribution is -1.98. The van der Waals surface area contributed by atoms with Crippen LogP contribution in [0.2, 0.25) is 0 Å². The van der Waals surface area contributed by atoms with E-state index in [-0.39, 0.29) is 0 Å². The number of aryl methyl sites for hydroxylation is 1. The molecule has 0 heterocycles. The van der Waals surface area contributed by atoms with Crippen molar-refractivity contribution < 1.29 is 4.74 Å². The number of rotatable bonds is 9. The Morgan fingerprint density at radius 3 is 2.29 bits per heavy atom. The lowest BCUT2D eigenvalue weighted by Gasteiger charge is -2.07. The number of hydrogen-bond donors (Lipinski definition) is 0. The highest BCUT2D eigenvalue weighted by Crippen LogP contribution is 2.14. The summed E-state index contributed by atoms with van der Waals surface area (Å²) >= 11 is 0. The van der Waals surface area contributed by atoms with Crippen molar-refractivity contribution in [3.8, 4) is 5.75 Å². The Kier molecular flexibility index (Phi) is 6.87. The van der Waals surface area contributed by atoms with Gasteiger partial charge in [0.25, 0.3) is 0 Å². The summed E-state index contributed by atoms with van der Waals surface area (Å²) in [7, 11) is 0. The highest BCUT2D eigenvalue weighted by Gasteiger charge is 1.96. The Morgan fingerprint density at radius 1 is 0.810 bits per heavy atom. The van der Waals surface area contributed by atoms with Crippen LogP contribution in [0.15, 0.2) is 54.6 Å². The molecule has 0 atom stereocenters. The van der Waals surface area contributed by atoms with Crippen LogP contribution in [0.1, 0.15) is 37.3 Å². The number of benzene rings is 2. The van der Waals surface area contributed by atoms with E-state index in [0.717, 1.165) is 25.2 Å². The molecule has 1 nitrogen and oxygen atoms in total.